The number of carboxylic acids is 1. The molecule has 2 rings (SSSR count). The lowest BCUT2D eigenvalue weighted by Crippen LogP contribution is -2.42. The smallest absolute Gasteiger partial charge is 0.337 e. The van der Waals surface area contributed by atoms with Crippen molar-refractivity contribution < 1.29 is 19.5 Å². The van der Waals surface area contributed by atoms with E-state index in [1.165, 1.54) is 25.4 Å². The lowest BCUT2D eigenvalue weighted by molar-refractivity contribution is -0.132. The van der Waals surface area contributed by atoms with Crippen molar-refractivity contribution in [3.05, 3.63) is 24.0 Å². The Balaban J connectivity index is 2.08. The molecule has 1 aromatic heterocycles. The van der Waals surface area contributed by atoms with Gasteiger partial charge in [-0.1, -0.05) is 0 Å². The summed E-state index contributed by atoms with van der Waals surface area (Å²) in [5, 5.41) is 11.7. The zero-order valence-corrected chi connectivity index (χ0v) is 11.7. The van der Waals surface area contributed by atoms with Crippen LogP contribution in [0.15, 0.2) is 18.5 Å². The van der Waals surface area contributed by atoms with Crippen molar-refractivity contribution in [1.29, 1.82) is 0 Å². The summed E-state index contributed by atoms with van der Waals surface area (Å²) in [6.45, 7) is 2.50. The van der Waals surface area contributed by atoms with Gasteiger partial charge in [0.2, 0.25) is 11.8 Å². The van der Waals surface area contributed by atoms with Crippen LogP contribution in [0.4, 0.5) is 5.69 Å². The highest BCUT2D eigenvalue weighted by Crippen LogP contribution is 2.20. The number of aromatic carboxylic acids is 1. The van der Waals surface area contributed by atoms with E-state index in [0.717, 1.165) is 6.42 Å². The lowest BCUT2D eigenvalue weighted by atomic mass is 9.97. The lowest BCUT2D eigenvalue weighted by Gasteiger charge is -2.31. The highest BCUT2D eigenvalue weighted by molar-refractivity contribution is 6.01. The Hall–Kier alpha value is -2.44. The molecular weight excluding hydrogens is 274 g/mol. The van der Waals surface area contributed by atoms with Crippen molar-refractivity contribution in [2.75, 3.05) is 18.4 Å². The molecule has 1 fully saturated rings. The van der Waals surface area contributed by atoms with Crippen molar-refractivity contribution in [2.24, 2.45) is 5.92 Å². The molecule has 21 heavy (non-hydrogen) atoms. The van der Waals surface area contributed by atoms with Crippen LogP contribution >= 0.6 is 0 Å². The Morgan fingerprint density at radius 3 is 2.86 bits per heavy atom. The monoisotopic (exact) mass is 291 g/mol. The number of anilines is 1. The van der Waals surface area contributed by atoms with Crippen molar-refractivity contribution in [3.63, 3.8) is 0 Å². The van der Waals surface area contributed by atoms with Crippen LogP contribution in [0.25, 0.3) is 0 Å². The number of carbonyl (C=O) groups excluding carboxylic acids is 2. The molecule has 0 spiro atoms. The molecule has 1 saturated heterocycles. The summed E-state index contributed by atoms with van der Waals surface area (Å²) < 4.78 is 0. The van der Waals surface area contributed by atoms with Crippen molar-refractivity contribution >= 4 is 23.5 Å². The molecule has 1 atom stereocenters. The van der Waals surface area contributed by atoms with Crippen molar-refractivity contribution in [1.82, 2.24) is 9.88 Å². The van der Waals surface area contributed by atoms with E-state index >= 15 is 0 Å². The first-order valence-electron chi connectivity index (χ1n) is 6.72. The molecule has 0 radical (unpaired) electrons. The van der Waals surface area contributed by atoms with Gasteiger partial charge in [-0.2, -0.15) is 0 Å². The summed E-state index contributed by atoms with van der Waals surface area (Å²) in [4.78, 5) is 40.2. The average molecular weight is 291 g/mol. The van der Waals surface area contributed by atoms with Gasteiger partial charge in [-0.3, -0.25) is 14.6 Å². The topological polar surface area (TPSA) is 99.6 Å². The van der Waals surface area contributed by atoms with Crippen LogP contribution in [0.5, 0.6) is 0 Å². The van der Waals surface area contributed by atoms with Crippen molar-refractivity contribution in [3.8, 4) is 0 Å². The number of nitrogens with zero attached hydrogens (tertiary/aromatic N) is 2. The van der Waals surface area contributed by atoms with Crippen LogP contribution in [0, 0.1) is 5.92 Å². The minimum Gasteiger partial charge on any atom is -0.478 e. The van der Waals surface area contributed by atoms with E-state index in [1.54, 1.807) is 4.90 Å². The molecule has 1 aromatic rings. The highest BCUT2D eigenvalue weighted by atomic mass is 16.4. The van der Waals surface area contributed by atoms with E-state index in [0.29, 0.717) is 19.5 Å². The van der Waals surface area contributed by atoms with Gasteiger partial charge >= 0.3 is 5.97 Å². The number of rotatable bonds is 3. The Morgan fingerprint density at radius 2 is 2.19 bits per heavy atom. The third kappa shape index (κ3) is 3.56. The SMILES string of the molecule is CC(=O)N1CCCC(C(=O)Nc2cnccc2C(=O)O)C1. The fourth-order valence-electron chi connectivity index (χ4n) is 2.39. The standard InChI is InChI=1S/C14H17N3O4/c1-9(18)17-6-2-3-10(8-17)13(19)16-12-7-15-5-4-11(12)14(20)21/h4-5,7,10H,2-3,6,8H2,1H3,(H,16,19)(H,20,21). The molecule has 2 amide bonds. The predicted octanol–water partition coefficient (Wildman–Crippen LogP) is 0.977. The fraction of sp³-hybridized carbons (Fsp3) is 0.429. The number of hydrogen-bond donors (Lipinski definition) is 2. The normalized spacial score (nSPS) is 18.1. The maximum absolute atomic E-state index is 12.2. The molecule has 7 heteroatoms. The maximum atomic E-state index is 12.2. The molecule has 1 aliphatic rings. The van der Waals surface area contributed by atoms with E-state index < -0.39 is 5.97 Å². The van der Waals surface area contributed by atoms with Gasteiger partial charge in [0.25, 0.3) is 0 Å². The van der Waals surface area contributed by atoms with Gasteiger partial charge in [0.15, 0.2) is 0 Å². The van der Waals surface area contributed by atoms with Crippen LogP contribution in [0.1, 0.15) is 30.1 Å². The number of likely N-dealkylation sites (tertiary alicyclic amines) is 1. The van der Waals surface area contributed by atoms with Crippen LogP contribution in [0.3, 0.4) is 0 Å². The molecule has 0 aromatic carbocycles. The van der Waals surface area contributed by atoms with Gasteiger partial charge in [-0.15, -0.1) is 0 Å². The average Bonchev–Trinajstić information content (AvgIpc) is 2.47. The Labute approximate surface area is 122 Å². The summed E-state index contributed by atoms with van der Waals surface area (Å²) in [6, 6.07) is 1.33. The van der Waals surface area contributed by atoms with E-state index in [2.05, 4.69) is 10.3 Å². The van der Waals surface area contributed by atoms with E-state index in [-0.39, 0.29) is 29.0 Å². The summed E-state index contributed by atoms with van der Waals surface area (Å²) in [5.41, 5.74) is 0.174. The molecule has 7 nitrogen and oxygen atoms in total. The van der Waals surface area contributed by atoms with Gasteiger partial charge in [0, 0.05) is 26.2 Å². The number of aromatic nitrogens is 1. The van der Waals surface area contributed by atoms with Crippen LogP contribution in [-0.4, -0.2) is 45.9 Å². The van der Waals surface area contributed by atoms with Crippen LogP contribution < -0.4 is 5.32 Å². The summed E-state index contributed by atoms with van der Waals surface area (Å²) in [5.74, 6) is -1.79. The molecule has 0 aliphatic carbocycles. The summed E-state index contributed by atoms with van der Waals surface area (Å²) >= 11 is 0. The minimum atomic E-state index is -1.12. The molecular formula is C14H17N3O4. The number of amides is 2. The number of carboxylic acid groups (broad SMARTS) is 1. The third-order valence-corrected chi connectivity index (χ3v) is 3.55. The molecule has 0 saturated carbocycles. The first-order chi connectivity index (χ1) is 9.99. The second kappa shape index (κ2) is 6.34. The molecule has 1 unspecified atom stereocenters. The predicted molar refractivity (Wildman–Crippen MR) is 74.8 cm³/mol. The van der Waals surface area contributed by atoms with Gasteiger partial charge in [0.1, 0.15) is 0 Å². The maximum Gasteiger partial charge on any atom is 0.337 e. The number of nitrogens with one attached hydrogen (secondary N) is 1. The summed E-state index contributed by atoms with van der Waals surface area (Å²) in [7, 11) is 0. The first-order valence-corrected chi connectivity index (χ1v) is 6.72. The highest BCUT2D eigenvalue weighted by Gasteiger charge is 2.27. The van der Waals surface area contributed by atoms with E-state index in [4.69, 9.17) is 5.11 Å². The zero-order chi connectivity index (χ0) is 15.4. The van der Waals surface area contributed by atoms with Gasteiger partial charge in [-0.05, 0) is 18.9 Å². The number of piperidine rings is 1. The molecule has 1 aliphatic heterocycles. The third-order valence-electron chi connectivity index (χ3n) is 3.55. The second-order valence-electron chi connectivity index (χ2n) is 5.02. The Kier molecular flexibility index (Phi) is 4.52. The minimum absolute atomic E-state index is 0.00224. The van der Waals surface area contributed by atoms with Gasteiger partial charge in [0.05, 0.1) is 23.4 Å². The molecule has 2 N–H and O–H groups in total. The van der Waals surface area contributed by atoms with Crippen molar-refractivity contribution in [2.45, 2.75) is 19.8 Å². The quantitative estimate of drug-likeness (QED) is 0.864. The number of hydrogen-bond acceptors (Lipinski definition) is 4. The van der Waals surface area contributed by atoms with Gasteiger partial charge in [-0.25, -0.2) is 4.79 Å². The Bertz CT molecular complexity index is 573. The molecule has 112 valence electrons. The van der Waals surface area contributed by atoms with Crippen LogP contribution in [0.2, 0.25) is 0 Å². The van der Waals surface area contributed by atoms with E-state index in [9.17, 15) is 14.4 Å². The summed E-state index contributed by atoms with van der Waals surface area (Å²) in [6.07, 6.45) is 4.11. The number of pyridine rings is 1. The molecule has 0 bridgehead atoms. The zero-order valence-electron chi connectivity index (χ0n) is 11.7. The molecule has 2 heterocycles. The largest absolute Gasteiger partial charge is 0.478 e. The fourth-order valence-corrected chi connectivity index (χ4v) is 2.39. The van der Waals surface area contributed by atoms with Gasteiger partial charge < -0.3 is 15.3 Å². The van der Waals surface area contributed by atoms with Crippen LogP contribution in [-0.2, 0) is 9.59 Å². The number of carbonyl (C=O) groups is 3. The Morgan fingerprint density at radius 1 is 1.43 bits per heavy atom. The first kappa shape index (κ1) is 15.0. The second-order valence-corrected chi connectivity index (χ2v) is 5.02. The van der Waals surface area contributed by atoms with E-state index in [1.807, 2.05) is 0 Å².